The molecular formula is C21H29N5O. The van der Waals surface area contributed by atoms with E-state index in [1.807, 2.05) is 0 Å². The van der Waals surface area contributed by atoms with Crippen molar-refractivity contribution in [2.45, 2.75) is 32.7 Å². The van der Waals surface area contributed by atoms with Gasteiger partial charge in [0.1, 0.15) is 5.52 Å². The summed E-state index contributed by atoms with van der Waals surface area (Å²) in [5.41, 5.74) is 4.10. The fourth-order valence-corrected chi connectivity index (χ4v) is 4.40. The number of anilines is 1. The topological polar surface area (TPSA) is 61.4 Å². The Labute approximate surface area is 161 Å². The third-order valence-corrected chi connectivity index (χ3v) is 6.16. The van der Waals surface area contributed by atoms with Gasteiger partial charge >= 0.3 is 0 Å². The van der Waals surface area contributed by atoms with Crippen LogP contribution in [0.3, 0.4) is 0 Å². The summed E-state index contributed by atoms with van der Waals surface area (Å²) in [6.45, 7) is 7.98. The molecule has 1 N–H and O–H groups in total. The largest absolute Gasteiger partial charge is 0.369 e. The van der Waals surface area contributed by atoms with E-state index in [9.17, 15) is 4.79 Å². The van der Waals surface area contributed by atoms with Gasteiger partial charge in [0, 0.05) is 31.5 Å². The highest BCUT2D eigenvalue weighted by Gasteiger charge is 2.36. The van der Waals surface area contributed by atoms with Gasteiger partial charge in [-0.15, -0.1) is 0 Å². The number of likely N-dealkylation sites (tertiary alicyclic amines) is 1. The molecule has 2 aliphatic heterocycles. The number of hydrogen-bond donors (Lipinski definition) is 1. The fourth-order valence-electron chi connectivity index (χ4n) is 4.40. The number of nitrogens with zero attached hydrogens (tertiary/aromatic N) is 4. The number of fused-ring (bicyclic) bond motifs is 1. The molecule has 0 aliphatic carbocycles. The first-order valence-corrected chi connectivity index (χ1v) is 9.97. The Hall–Kier alpha value is -2.21. The summed E-state index contributed by atoms with van der Waals surface area (Å²) in [5, 5.41) is 3.31. The molecular weight excluding hydrogens is 338 g/mol. The van der Waals surface area contributed by atoms with E-state index in [0.29, 0.717) is 12.0 Å². The van der Waals surface area contributed by atoms with Gasteiger partial charge in [-0.05, 0) is 57.5 Å². The van der Waals surface area contributed by atoms with Crippen LogP contribution in [0.2, 0.25) is 0 Å². The van der Waals surface area contributed by atoms with Gasteiger partial charge in [0.2, 0.25) is 5.91 Å². The van der Waals surface area contributed by atoms with E-state index in [1.54, 1.807) is 12.4 Å². The van der Waals surface area contributed by atoms with Crippen molar-refractivity contribution in [2.75, 3.05) is 38.1 Å². The number of carbonyl (C=O) groups excluding carboxylic acids is 1. The predicted octanol–water partition coefficient (Wildman–Crippen LogP) is 2.22. The van der Waals surface area contributed by atoms with Crippen molar-refractivity contribution < 1.29 is 4.79 Å². The van der Waals surface area contributed by atoms with Crippen molar-refractivity contribution in [2.24, 2.45) is 11.8 Å². The molecule has 2 saturated heterocycles. The Morgan fingerprint density at radius 1 is 1.11 bits per heavy atom. The molecule has 144 valence electrons. The van der Waals surface area contributed by atoms with Gasteiger partial charge in [-0.1, -0.05) is 13.0 Å². The highest BCUT2D eigenvalue weighted by Crippen LogP contribution is 2.33. The molecule has 0 spiro atoms. The van der Waals surface area contributed by atoms with E-state index in [1.165, 1.54) is 0 Å². The molecule has 3 heterocycles. The lowest BCUT2D eigenvalue weighted by molar-refractivity contribution is -0.126. The first-order valence-electron chi connectivity index (χ1n) is 9.97. The molecule has 2 atom stereocenters. The maximum absolute atomic E-state index is 12.9. The second-order valence-electron chi connectivity index (χ2n) is 8.23. The smallest absolute Gasteiger partial charge is 0.225 e. The molecule has 1 aromatic heterocycles. The SMILES string of the molecule is Cc1ccc(N2C[C@H](C(=O)NC3CCN(C)CC3)[C@@H](C)C2)c2nccnc12. The number of amides is 1. The van der Waals surface area contributed by atoms with Crippen molar-refractivity contribution in [3.05, 3.63) is 30.1 Å². The van der Waals surface area contributed by atoms with E-state index in [2.05, 4.69) is 58.1 Å². The van der Waals surface area contributed by atoms with Crippen LogP contribution in [0.1, 0.15) is 25.3 Å². The molecule has 27 heavy (non-hydrogen) atoms. The van der Waals surface area contributed by atoms with Gasteiger partial charge in [0.25, 0.3) is 0 Å². The number of hydrogen-bond acceptors (Lipinski definition) is 5. The summed E-state index contributed by atoms with van der Waals surface area (Å²) >= 11 is 0. The third kappa shape index (κ3) is 3.63. The van der Waals surface area contributed by atoms with Crippen molar-refractivity contribution in [3.63, 3.8) is 0 Å². The van der Waals surface area contributed by atoms with Crippen molar-refractivity contribution in [3.8, 4) is 0 Å². The first kappa shape index (κ1) is 18.2. The lowest BCUT2D eigenvalue weighted by atomic mass is 9.96. The number of benzene rings is 1. The zero-order valence-corrected chi connectivity index (χ0v) is 16.5. The highest BCUT2D eigenvalue weighted by atomic mass is 16.2. The molecule has 2 fully saturated rings. The zero-order valence-electron chi connectivity index (χ0n) is 16.5. The molecule has 1 aromatic carbocycles. The van der Waals surface area contributed by atoms with Crippen molar-refractivity contribution in [1.29, 1.82) is 0 Å². The van der Waals surface area contributed by atoms with Crippen LogP contribution in [-0.4, -0.2) is 60.0 Å². The Morgan fingerprint density at radius 3 is 2.56 bits per heavy atom. The number of nitrogens with one attached hydrogen (secondary N) is 1. The molecule has 0 bridgehead atoms. The maximum atomic E-state index is 12.9. The second kappa shape index (κ2) is 7.43. The fraction of sp³-hybridized carbons (Fsp3) is 0.571. The van der Waals surface area contributed by atoms with E-state index in [-0.39, 0.29) is 11.8 Å². The van der Waals surface area contributed by atoms with Gasteiger partial charge in [-0.3, -0.25) is 14.8 Å². The second-order valence-corrected chi connectivity index (χ2v) is 8.23. The van der Waals surface area contributed by atoms with E-state index < -0.39 is 0 Å². The minimum atomic E-state index is 0.0256. The van der Waals surface area contributed by atoms with Crippen LogP contribution in [0.25, 0.3) is 11.0 Å². The summed E-state index contributed by atoms with van der Waals surface area (Å²) in [6, 6.07) is 4.54. The average Bonchev–Trinajstić information content (AvgIpc) is 3.06. The Kier molecular flexibility index (Phi) is 5.00. The molecule has 1 amide bonds. The van der Waals surface area contributed by atoms with Crippen LogP contribution >= 0.6 is 0 Å². The van der Waals surface area contributed by atoms with Crippen molar-refractivity contribution in [1.82, 2.24) is 20.2 Å². The third-order valence-electron chi connectivity index (χ3n) is 6.16. The van der Waals surface area contributed by atoms with Gasteiger partial charge < -0.3 is 15.1 Å². The molecule has 2 aliphatic rings. The van der Waals surface area contributed by atoms with E-state index in [4.69, 9.17) is 0 Å². The zero-order chi connectivity index (χ0) is 19.0. The van der Waals surface area contributed by atoms with Gasteiger partial charge in [0.05, 0.1) is 17.1 Å². The minimum Gasteiger partial charge on any atom is -0.369 e. The normalized spacial score (nSPS) is 24.5. The summed E-state index contributed by atoms with van der Waals surface area (Å²) in [7, 11) is 2.14. The predicted molar refractivity (Wildman–Crippen MR) is 108 cm³/mol. The van der Waals surface area contributed by atoms with Gasteiger partial charge in [-0.2, -0.15) is 0 Å². The first-order chi connectivity index (χ1) is 13.0. The Bertz CT molecular complexity index is 830. The van der Waals surface area contributed by atoms with E-state index in [0.717, 1.165) is 61.3 Å². The van der Waals surface area contributed by atoms with Crippen LogP contribution in [0.15, 0.2) is 24.5 Å². The standard InChI is InChI=1S/C21H29N5O/c1-14-4-5-18(20-19(14)22-8-9-23-20)26-12-15(2)17(13-26)21(27)24-16-6-10-25(3)11-7-16/h4-5,8-9,15-17H,6-7,10-13H2,1-3H3,(H,24,27)/t15-,17-/m0/s1. The van der Waals surface area contributed by atoms with Crippen LogP contribution in [0, 0.1) is 18.8 Å². The van der Waals surface area contributed by atoms with Crippen LogP contribution < -0.4 is 10.2 Å². The summed E-state index contributed by atoms with van der Waals surface area (Å²) in [5.74, 6) is 0.559. The summed E-state index contributed by atoms with van der Waals surface area (Å²) in [4.78, 5) is 26.6. The molecule has 0 saturated carbocycles. The molecule has 6 heteroatoms. The molecule has 0 radical (unpaired) electrons. The van der Waals surface area contributed by atoms with Gasteiger partial charge in [-0.25, -0.2) is 0 Å². The number of rotatable bonds is 3. The monoisotopic (exact) mass is 367 g/mol. The molecule has 0 unspecified atom stereocenters. The minimum absolute atomic E-state index is 0.0256. The summed E-state index contributed by atoms with van der Waals surface area (Å²) < 4.78 is 0. The van der Waals surface area contributed by atoms with Crippen LogP contribution in [-0.2, 0) is 4.79 Å². The number of piperidine rings is 1. The number of carbonyl (C=O) groups is 1. The quantitative estimate of drug-likeness (QED) is 0.901. The van der Waals surface area contributed by atoms with Gasteiger partial charge in [0.15, 0.2) is 0 Å². The lowest BCUT2D eigenvalue weighted by Gasteiger charge is -2.30. The average molecular weight is 367 g/mol. The van der Waals surface area contributed by atoms with Crippen LogP contribution in [0.5, 0.6) is 0 Å². The number of aryl methyl sites for hydroxylation is 1. The Balaban J connectivity index is 1.49. The van der Waals surface area contributed by atoms with E-state index >= 15 is 0 Å². The highest BCUT2D eigenvalue weighted by molar-refractivity contribution is 5.91. The lowest BCUT2D eigenvalue weighted by Crippen LogP contribution is -2.46. The summed E-state index contributed by atoms with van der Waals surface area (Å²) in [6.07, 6.45) is 5.58. The Morgan fingerprint density at radius 2 is 1.81 bits per heavy atom. The molecule has 6 nitrogen and oxygen atoms in total. The number of aromatic nitrogens is 2. The van der Waals surface area contributed by atoms with Crippen molar-refractivity contribution >= 4 is 22.6 Å². The molecule has 2 aromatic rings. The molecule has 4 rings (SSSR count). The maximum Gasteiger partial charge on any atom is 0.225 e. The van der Waals surface area contributed by atoms with Crippen LogP contribution in [0.4, 0.5) is 5.69 Å².